The summed E-state index contributed by atoms with van der Waals surface area (Å²) < 4.78 is 5.34. The average molecular weight is 275 g/mol. The second-order valence-corrected chi connectivity index (χ2v) is 5.19. The highest BCUT2D eigenvalue weighted by atomic mass is 16.5. The number of phenolic OH excluding ortho intramolecular Hbond substituents is 2. The second-order valence-electron chi connectivity index (χ2n) is 5.19. The van der Waals surface area contributed by atoms with Crippen molar-refractivity contribution < 1.29 is 14.7 Å². The summed E-state index contributed by atoms with van der Waals surface area (Å²) in [6, 6.07) is 4.46. The molecule has 3 rings (SSSR count). The van der Waals surface area contributed by atoms with E-state index in [1.807, 2.05) is 0 Å². The van der Waals surface area contributed by atoms with Crippen LogP contribution in [0.3, 0.4) is 0 Å². The van der Waals surface area contributed by atoms with Gasteiger partial charge in [0.1, 0.15) is 0 Å². The van der Waals surface area contributed by atoms with Crippen LogP contribution in [0.4, 0.5) is 0 Å². The van der Waals surface area contributed by atoms with Crippen LogP contribution in [0.5, 0.6) is 11.5 Å². The van der Waals surface area contributed by atoms with Gasteiger partial charge in [-0.05, 0) is 43.5 Å². The van der Waals surface area contributed by atoms with E-state index >= 15 is 0 Å². The second kappa shape index (κ2) is 5.13. The number of aromatic hydroxyl groups is 2. The molecule has 1 aliphatic rings. The summed E-state index contributed by atoms with van der Waals surface area (Å²) in [6.45, 7) is 0.627. The summed E-state index contributed by atoms with van der Waals surface area (Å²) >= 11 is 0. The molecule has 1 saturated carbocycles. The summed E-state index contributed by atoms with van der Waals surface area (Å²) in [4.78, 5) is 4.41. The van der Waals surface area contributed by atoms with Crippen molar-refractivity contribution in [3.05, 3.63) is 24.1 Å². The highest BCUT2D eigenvalue weighted by Gasteiger charge is 2.32. The zero-order valence-electron chi connectivity index (χ0n) is 11.0. The van der Waals surface area contributed by atoms with Gasteiger partial charge in [0.15, 0.2) is 11.5 Å². The molecule has 20 heavy (non-hydrogen) atoms. The molecule has 1 aromatic heterocycles. The van der Waals surface area contributed by atoms with Crippen LogP contribution >= 0.6 is 0 Å². The molecule has 0 spiro atoms. The minimum atomic E-state index is -0.199. The number of hydrogen-bond acceptors (Lipinski definition) is 6. The minimum Gasteiger partial charge on any atom is -0.504 e. The van der Waals surface area contributed by atoms with Crippen molar-refractivity contribution in [3.8, 4) is 22.9 Å². The van der Waals surface area contributed by atoms with E-state index in [0.29, 0.717) is 29.7 Å². The van der Waals surface area contributed by atoms with Crippen LogP contribution in [0.1, 0.15) is 31.1 Å². The van der Waals surface area contributed by atoms with Gasteiger partial charge >= 0.3 is 0 Å². The number of nitrogens with zero attached hydrogens (tertiary/aromatic N) is 2. The topological polar surface area (TPSA) is 105 Å². The van der Waals surface area contributed by atoms with E-state index in [9.17, 15) is 10.2 Å². The molecule has 106 valence electrons. The number of benzene rings is 1. The third-order valence-corrected chi connectivity index (χ3v) is 3.95. The molecule has 0 aliphatic heterocycles. The van der Waals surface area contributed by atoms with Gasteiger partial charge in [-0.15, -0.1) is 0 Å². The zero-order valence-corrected chi connectivity index (χ0v) is 11.0. The smallest absolute Gasteiger partial charge is 0.230 e. The molecule has 1 aliphatic carbocycles. The molecule has 1 heterocycles. The first-order valence-corrected chi connectivity index (χ1v) is 6.75. The molecule has 2 unspecified atom stereocenters. The molecular weight excluding hydrogens is 258 g/mol. The predicted molar refractivity (Wildman–Crippen MR) is 72.2 cm³/mol. The molecule has 1 fully saturated rings. The lowest BCUT2D eigenvalue weighted by molar-refractivity contribution is 0.326. The molecule has 0 saturated heterocycles. The molecule has 2 aromatic rings. The fourth-order valence-electron chi connectivity index (χ4n) is 2.81. The van der Waals surface area contributed by atoms with E-state index < -0.39 is 0 Å². The van der Waals surface area contributed by atoms with Gasteiger partial charge in [0.2, 0.25) is 11.7 Å². The summed E-state index contributed by atoms with van der Waals surface area (Å²) in [5.74, 6) is 1.29. The summed E-state index contributed by atoms with van der Waals surface area (Å²) in [7, 11) is 0. The Morgan fingerprint density at radius 2 is 2.10 bits per heavy atom. The molecule has 1 aromatic carbocycles. The van der Waals surface area contributed by atoms with E-state index in [1.165, 1.54) is 12.1 Å². The number of rotatable bonds is 3. The van der Waals surface area contributed by atoms with Gasteiger partial charge in [0.05, 0.1) is 0 Å². The SMILES string of the molecule is NCC1CCCC1c1nc(-c2ccc(O)c(O)c2)no1. The molecule has 6 heteroatoms. The minimum absolute atomic E-state index is 0.170. The van der Waals surface area contributed by atoms with Crippen LogP contribution < -0.4 is 5.73 Å². The summed E-state index contributed by atoms with van der Waals surface area (Å²) in [6.07, 6.45) is 3.24. The van der Waals surface area contributed by atoms with Crippen LogP contribution in [0.2, 0.25) is 0 Å². The molecule has 4 N–H and O–H groups in total. The van der Waals surface area contributed by atoms with Crippen molar-refractivity contribution in [2.75, 3.05) is 6.54 Å². The highest BCUT2D eigenvalue weighted by molar-refractivity contribution is 5.59. The van der Waals surface area contributed by atoms with Crippen LogP contribution in [0.15, 0.2) is 22.7 Å². The van der Waals surface area contributed by atoms with E-state index in [4.69, 9.17) is 10.3 Å². The fourth-order valence-corrected chi connectivity index (χ4v) is 2.81. The van der Waals surface area contributed by atoms with E-state index in [-0.39, 0.29) is 17.4 Å². The number of aromatic nitrogens is 2. The molecule has 6 nitrogen and oxygen atoms in total. The lowest BCUT2D eigenvalue weighted by atomic mass is 9.96. The van der Waals surface area contributed by atoms with Crippen molar-refractivity contribution in [1.82, 2.24) is 10.1 Å². The quantitative estimate of drug-likeness (QED) is 0.740. The fraction of sp³-hybridized carbons (Fsp3) is 0.429. The van der Waals surface area contributed by atoms with Gasteiger partial charge in [-0.25, -0.2) is 0 Å². The van der Waals surface area contributed by atoms with Crippen molar-refractivity contribution in [1.29, 1.82) is 0 Å². The largest absolute Gasteiger partial charge is 0.504 e. The lowest BCUT2D eigenvalue weighted by Gasteiger charge is -2.12. The third kappa shape index (κ3) is 2.22. The van der Waals surface area contributed by atoms with Gasteiger partial charge < -0.3 is 20.5 Å². The lowest BCUT2D eigenvalue weighted by Crippen LogP contribution is -2.17. The molecule has 0 radical (unpaired) electrons. The van der Waals surface area contributed by atoms with E-state index in [2.05, 4.69) is 10.1 Å². The molecule has 2 atom stereocenters. The monoisotopic (exact) mass is 275 g/mol. The number of hydrogen-bond donors (Lipinski definition) is 3. The number of phenols is 2. The van der Waals surface area contributed by atoms with Gasteiger partial charge in [-0.3, -0.25) is 0 Å². The van der Waals surface area contributed by atoms with Crippen molar-refractivity contribution in [2.45, 2.75) is 25.2 Å². The Hall–Kier alpha value is -2.08. The first kappa shape index (κ1) is 12.9. The van der Waals surface area contributed by atoms with Gasteiger partial charge in [0.25, 0.3) is 0 Å². The maximum absolute atomic E-state index is 9.51. The number of nitrogens with two attached hydrogens (primary N) is 1. The zero-order chi connectivity index (χ0) is 14.1. The van der Waals surface area contributed by atoms with Crippen LogP contribution in [-0.4, -0.2) is 26.9 Å². The molecular formula is C14H17N3O3. The van der Waals surface area contributed by atoms with Crippen LogP contribution in [-0.2, 0) is 0 Å². The van der Waals surface area contributed by atoms with Gasteiger partial charge in [-0.1, -0.05) is 11.6 Å². The first-order chi connectivity index (χ1) is 9.69. The maximum Gasteiger partial charge on any atom is 0.230 e. The Morgan fingerprint density at radius 3 is 2.85 bits per heavy atom. The summed E-state index contributed by atoms with van der Waals surface area (Å²) in [5.41, 5.74) is 6.37. The highest BCUT2D eigenvalue weighted by Crippen LogP contribution is 2.39. The molecule has 0 amide bonds. The molecule has 0 bridgehead atoms. The average Bonchev–Trinajstić information content (AvgIpc) is 3.09. The van der Waals surface area contributed by atoms with Crippen LogP contribution in [0, 0.1) is 5.92 Å². The van der Waals surface area contributed by atoms with Crippen LogP contribution in [0.25, 0.3) is 11.4 Å². The van der Waals surface area contributed by atoms with Crippen molar-refractivity contribution in [2.24, 2.45) is 11.7 Å². The first-order valence-electron chi connectivity index (χ1n) is 6.75. The Labute approximate surface area is 116 Å². The van der Waals surface area contributed by atoms with E-state index in [1.54, 1.807) is 6.07 Å². The Bertz CT molecular complexity index is 611. The normalized spacial score (nSPS) is 22.2. The Kier molecular flexibility index (Phi) is 3.31. The summed E-state index contributed by atoms with van der Waals surface area (Å²) in [5, 5.41) is 22.8. The van der Waals surface area contributed by atoms with Crippen molar-refractivity contribution in [3.63, 3.8) is 0 Å². The third-order valence-electron chi connectivity index (χ3n) is 3.95. The maximum atomic E-state index is 9.51. The van der Waals surface area contributed by atoms with Crippen molar-refractivity contribution >= 4 is 0 Å². The van der Waals surface area contributed by atoms with Gasteiger partial charge in [-0.2, -0.15) is 4.98 Å². The predicted octanol–water partition coefficient (Wildman–Crippen LogP) is 1.99. The van der Waals surface area contributed by atoms with Gasteiger partial charge in [0, 0.05) is 11.5 Å². The Balaban J connectivity index is 1.88. The standard InChI is InChI=1S/C14H17N3O3/c15-7-9-2-1-3-10(9)14-16-13(17-20-14)8-4-5-11(18)12(19)6-8/h4-6,9-10,18-19H,1-3,7,15H2. The Morgan fingerprint density at radius 1 is 1.25 bits per heavy atom. The van der Waals surface area contributed by atoms with E-state index in [0.717, 1.165) is 19.3 Å².